The van der Waals surface area contributed by atoms with Gasteiger partial charge >= 0.3 is 5.69 Å². The Morgan fingerprint density at radius 2 is 1.89 bits per heavy atom. The van der Waals surface area contributed by atoms with Crippen molar-refractivity contribution in [2.24, 2.45) is 4.99 Å². The molecule has 144 valence electrons. The number of aromatic amines is 1. The van der Waals surface area contributed by atoms with Crippen molar-refractivity contribution in [1.29, 1.82) is 0 Å². The first-order chi connectivity index (χ1) is 13.0. The molecule has 27 heavy (non-hydrogen) atoms. The average Bonchev–Trinajstić information content (AvgIpc) is 2.68. The van der Waals surface area contributed by atoms with Gasteiger partial charge in [0.25, 0.3) is 5.56 Å². The Labute approximate surface area is 158 Å². The second-order valence-corrected chi connectivity index (χ2v) is 7.14. The average molecular weight is 369 g/mol. The quantitative estimate of drug-likeness (QED) is 0.788. The van der Waals surface area contributed by atoms with E-state index in [2.05, 4.69) is 4.98 Å². The van der Waals surface area contributed by atoms with Gasteiger partial charge in [-0.05, 0) is 31.7 Å². The summed E-state index contributed by atoms with van der Waals surface area (Å²) in [5, 5.41) is 10.8. The lowest BCUT2D eigenvalue weighted by Gasteiger charge is -2.25. The molecular weight excluding hydrogens is 342 g/mol. The van der Waals surface area contributed by atoms with Gasteiger partial charge in [0.15, 0.2) is 0 Å². The van der Waals surface area contributed by atoms with Crippen LogP contribution in [-0.4, -0.2) is 20.4 Å². The Morgan fingerprint density at radius 3 is 2.52 bits per heavy atom. The van der Waals surface area contributed by atoms with E-state index in [9.17, 15) is 14.7 Å². The van der Waals surface area contributed by atoms with E-state index >= 15 is 0 Å². The van der Waals surface area contributed by atoms with Crippen molar-refractivity contribution in [3.63, 3.8) is 0 Å². The fraction of sp³-hybridized carbons (Fsp3) is 0.476. The van der Waals surface area contributed by atoms with Gasteiger partial charge < -0.3 is 5.11 Å². The zero-order chi connectivity index (χ0) is 19.4. The maximum Gasteiger partial charge on any atom is 0.331 e. The molecule has 0 radical (unpaired) electrons. The number of benzene rings is 1. The van der Waals surface area contributed by atoms with Crippen molar-refractivity contribution in [2.75, 3.05) is 0 Å². The van der Waals surface area contributed by atoms with Gasteiger partial charge in [-0.1, -0.05) is 56.5 Å². The van der Waals surface area contributed by atoms with Crippen LogP contribution in [0.2, 0.25) is 0 Å². The smallest absolute Gasteiger partial charge is 0.331 e. The third-order valence-electron chi connectivity index (χ3n) is 5.31. The molecule has 2 N–H and O–H groups in total. The van der Waals surface area contributed by atoms with Crippen LogP contribution in [0, 0.1) is 0 Å². The van der Waals surface area contributed by atoms with Crippen LogP contribution in [-0.2, 0) is 0 Å². The summed E-state index contributed by atoms with van der Waals surface area (Å²) >= 11 is 0. The van der Waals surface area contributed by atoms with Crippen LogP contribution < -0.4 is 11.2 Å². The molecule has 1 atom stereocenters. The summed E-state index contributed by atoms with van der Waals surface area (Å²) in [7, 11) is 0. The Kier molecular flexibility index (Phi) is 5.94. The molecule has 1 saturated carbocycles. The summed E-state index contributed by atoms with van der Waals surface area (Å²) in [6.45, 7) is 3.85. The number of nitrogens with zero attached hydrogens (tertiary/aromatic N) is 2. The van der Waals surface area contributed by atoms with E-state index in [1.807, 2.05) is 44.2 Å². The van der Waals surface area contributed by atoms with Crippen LogP contribution in [0.25, 0.3) is 0 Å². The number of nitrogens with one attached hydrogen (secondary N) is 1. The van der Waals surface area contributed by atoms with Crippen LogP contribution in [0.1, 0.15) is 75.6 Å². The van der Waals surface area contributed by atoms with E-state index in [-0.39, 0.29) is 23.5 Å². The minimum atomic E-state index is -0.578. The van der Waals surface area contributed by atoms with Gasteiger partial charge in [-0.3, -0.25) is 19.3 Å². The van der Waals surface area contributed by atoms with Gasteiger partial charge in [0.1, 0.15) is 5.56 Å². The number of hydrogen-bond donors (Lipinski definition) is 2. The van der Waals surface area contributed by atoms with Gasteiger partial charge in [-0.15, -0.1) is 0 Å². The second-order valence-electron chi connectivity index (χ2n) is 7.14. The molecule has 0 amide bonds. The third kappa shape index (κ3) is 4.04. The summed E-state index contributed by atoms with van der Waals surface area (Å²) in [4.78, 5) is 32.0. The lowest BCUT2D eigenvalue weighted by atomic mass is 9.95. The molecule has 0 saturated heterocycles. The highest BCUT2D eigenvalue weighted by molar-refractivity contribution is 6.02. The first kappa shape index (κ1) is 19.1. The maximum atomic E-state index is 12.5. The highest BCUT2D eigenvalue weighted by Crippen LogP contribution is 2.30. The fourth-order valence-electron chi connectivity index (χ4n) is 3.85. The molecule has 3 rings (SSSR count). The summed E-state index contributed by atoms with van der Waals surface area (Å²) < 4.78 is 1.36. The zero-order valence-corrected chi connectivity index (χ0v) is 15.9. The van der Waals surface area contributed by atoms with Crippen molar-refractivity contribution in [3.8, 4) is 5.88 Å². The Balaban J connectivity index is 2.07. The van der Waals surface area contributed by atoms with E-state index in [0.717, 1.165) is 37.7 Å². The number of rotatable bonds is 5. The van der Waals surface area contributed by atoms with Crippen LogP contribution in [0.4, 0.5) is 0 Å². The molecule has 2 aromatic rings. The molecule has 1 heterocycles. The molecule has 1 aliphatic rings. The van der Waals surface area contributed by atoms with Crippen LogP contribution in [0.3, 0.4) is 0 Å². The fourth-order valence-corrected chi connectivity index (χ4v) is 3.85. The summed E-state index contributed by atoms with van der Waals surface area (Å²) in [5.41, 5.74) is 0.533. The van der Waals surface area contributed by atoms with E-state index in [1.54, 1.807) is 0 Å². The van der Waals surface area contributed by atoms with Gasteiger partial charge in [0.05, 0.1) is 11.8 Å². The Hall–Kier alpha value is -2.63. The van der Waals surface area contributed by atoms with Crippen molar-refractivity contribution in [1.82, 2.24) is 9.55 Å². The maximum absolute atomic E-state index is 12.5. The standard InChI is InChI=1S/C21H27N3O3/c1-3-17(22-14(2)15-10-6-4-7-11-15)18-19(25)23-21(27)24(20(18)26)16-12-8-5-9-13-16/h4,6-7,10-11,14,16,26H,3,5,8-9,12-13H2,1-2H3,(H,23,25,27). The molecule has 1 aromatic carbocycles. The van der Waals surface area contributed by atoms with Crippen LogP contribution in [0.15, 0.2) is 44.9 Å². The molecule has 1 fully saturated rings. The first-order valence-electron chi connectivity index (χ1n) is 9.72. The van der Waals surface area contributed by atoms with Gasteiger partial charge in [-0.25, -0.2) is 4.79 Å². The monoisotopic (exact) mass is 369 g/mol. The SMILES string of the molecule is CCC(=NC(C)c1ccccc1)c1c(O)n(C2CCCCC2)c(=O)[nH]c1=O. The minimum absolute atomic E-state index is 0.0773. The molecule has 0 bridgehead atoms. The molecule has 0 spiro atoms. The number of aliphatic imine (C=N–C) groups is 1. The number of H-pyrrole nitrogens is 1. The van der Waals surface area contributed by atoms with Crippen molar-refractivity contribution in [2.45, 2.75) is 64.5 Å². The van der Waals surface area contributed by atoms with E-state index in [0.29, 0.717) is 12.1 Å². The molecule has 0 aliphatic heterocycles. The van der Waals surface area contributed by atoms with Crippen LogP contribution in [0.5, 0.6) is 5.88 Å². The molecule has 6 nitrogen and oxygen atoms in total. The normalized spacial score (nSPS) is 17.0. The van der Waals surface area contributed by atoms with Gasteiger partial charge in [-0.2, -0.15) is 0 Å². The zero-order valence-electron chi connectivity index (χ0n) is 15.9. The largest absolute Gasteiger partial charge is 0.494 e. The van der Waals surface area contributed by atoms with E-state index in [1.165, 1.54) is 4.57 Å². The molecule has 6 heteroatoms. The Morgan fingerprint density at radius 1 is 1.22 bits per heavy atom. The predicted molar refractivity (Wildman–Crippen MR) is 107 cm³/mol. The second kappa shape index (κ2) is 8.37. The molecule has 1 unspecified atom stereocenters. The van der Waals surface area contributed by atoms with Gasteiger partial charge in [0, 0.05) is 6.04 Å². The molecule has 1 aliphatic carbocycles. The van der Waals surface area contributed by atoms with E-state index < -0.39 is 11.2 Å². The van der Waals surface area contributed by atoms with Crippen molar-refractivity contribution in [3.05, 3.63) is 62.3 Å². The first-order valence-corrected chi connectivity index (χ1v) is 9.72. The highest BCUT2D eigenvalue weighted by atomic mass is 16.3. The number of aromatic hydroxyl groups is 1. The molecular formula is C21H27N3O3. The number of hydrogen-bond acceptors (Lipinski definition) is 4. The minimum Gasteiger partial charge on any atom is -0.494 e. The third-order valence-corrected chi connectivity index (χ3v) is 5.31. The van der Waals surface area contributed by atoms with Crippen molar-refractivity contribution < 1.29 is 5.11 Å². The van der Waals surface area contributed by atoms with Crippen molar-refractivity contribution >= 4 is 5.71 Å². The summed E-state index contributed by atoms with van der Waals surface area (Å²) in [6, 6.07) is 9.56. The Bertz CT molecular complexity index is 922. The topological polar surface area (TPSA) is 87.4 Å². The lowest BCUT2D eigenvalue weighted by Crippen LogP contribution is -2.36. The van der Waals surface area contributed by atoms with Gasteiger partial charge in [0.2, 0.25) is 5.88 Å². The summed E-state index contributed by atoms with van der Waals surface area (Å²) in [6.07, 6.45) is 5.32. The van der Waals surface area contributed by atoms with Crippen LogP contribution >= 0.6 is 0 Å². The lowest BCUT2D eigenvalue weighted by molar-refractivity contribution is 0.298. The summed E-state index contributed by atoms with van der Waals surface area (Å²) in [5.74, 6) is -0.253. The highest BCUT2D eigenvalue weighted by Gasteiger charge is 2.25. The predicted octanol–water partition coefficient (Wildman–Crippen LogP) is 3.71. The number of aromatic nitrogens is 2. The van der Waals surface area contributed by atoms with E-state index in [4.69, 9.17) is 4.99 Å². The molecule has 1 aromatic heterocycles.